The predicted octanol–water partition coefficient (Wildman–Crippen LogP) is 3.99. The van der Waals surface area contributed by atoms with E-state index >= 15 is 0 Å². The number of hydrogen-bond acceptors (Lipinski definition) is 1. The van der Waals surface area contributed by atoms with Crippen LogP contribution in [0.4, 0.5) is 4.39 Å². The number of hydrogen-bond donors (Lipinski definition) is 0. The highest BCUT2D eigenvalue weighted by atomic mass is 19.1. The smallest absolute Gasteiger partial charge is 0.123 e. The topological polar surface area (TPSA) is 9.23 Å². The van der Waals surface area contributed by atoms with Gasteiger partial charge in [-0.05, 0) is 35.4 Å². The minimum atomic E-state index is -0.198. The van der Waals surface area contributed by atoms with Crippen molar-refractivity contribution in [2.75, 3.05) is 7.11 Å². The number of rotatable bonds is 3. The fourth-order valence-electron chi connectivity index (χ4n) is 1.84. The van der Waals surface area contributed by atoms with E-state index in [-0.39, 0.29) is 11.7 Å². The van der Waals surface area contributed by atoms with Crippen LogP contribution in [0.15, 0.2) is 48.5 Å². The van der Waals surface area contributed by atoms with E-state index in [1.807, 2.05) is 36.4 Å². The summed E-state index contributed by atoms with van der Waals surface area (Å²) in [4.78, 5) is 0. The second kappa shape index (κ2) is 5.00. The van der Waals surface area contributed by atoms with Crippen molar-refractivity contribution < 1.29 is 9.13 Å². The zero-order valence-electron chi connectivity index (χ0n) is 9.98. The summed E-state index contributed by atoms with van der Waals surface area (Å²) >= 11 is 0. The maximum atomic E-state index is 12.8. The van der Waals surface area contributed by atoms with Crippen molar-refractivity contribution in [1.29, 1.82) is 0 Å². The summed E-state index contributed by atoms with van der Waals surface area (Å²) in [5, 5.41) is 0. The van der Waals surface area contributed by atoms with Crippen LogP contribution in [0.3, 0.4) is 0 Å². The van der Waals surface area contributed by atoms with Crippen molar-refractivity contribution in [2.24, 2.45) is 0 Å². The Morgan fingerprint density at radius 2 is 1.35 bits per heavy atom. The SMILES string of the molecule is COc1ccc([C@@H](C)c2ccc(F)cc2)cc1. The van der Waals surface area contributed by atoms with E-state index in [1.54, 1.807) is 7.11 Å². The summed E-state index contributed by atoms with van der Waals surface area (Å²) in [5.41, 5.74) is 2.30. The van der Waals surface area contributed by atoms with E-state index in [0.29, 0.717) is 0 Å². The van der Waals surface area contributed by atoms with Crippen molar-refractivity contribution in [1.82, 2.24) is 0 Å². The van der Waals surface area contributed by atoms with Gasteiger partial charge in [0.25, 0.3) is 0 Å². The average molecular weight is 230 g/mol. The van der Waals surface area contributed by atoms with Gasteiger partial charge in [0.05, 0.1) is 7.11 Å². The first kappa shape index (κ1) is 11.6. The van der Waals surface area contributed by atoms with E-state index in [2.05, 4.69) is 6.92 Å². The van der Waals surface area contributed by atoms with Gasteiger partial charge < -0.3 is 4.74 Å². The van der Waals surface area contributed by atoms with Crippen LogP contribution in [-0.2, 0) is 0 Å². The molecule has 1 nitrogen and oxygen atoms in total. The zero-order valence-corrected chi connectivity index (χ0v) is 9.98. The molecule has 0 aliphatic carbocycles. The molecule has 0 aliphatic heterocycles. The highest BCUT2D eigenvalue weighted by Gasteiger charge is 2.08. The molecule has 2 aromatic rings. The summed E-state index contributed by atoms with van der Waals surface area (Å²) < 4.78 is 18.0. The Labute approximate surface area is 101 Å². The molecule has 0 radical (unpaired) electrons. The molecule has 0 amide bonds. The molecule has 0 fully saturated rings. The standard InChI is InChI=1S/C15H15FO/c1-11(12-3-7-14(16)8-4-12)13-5-9-15(17-2)10-6-13/h3-11H,1-2H3/t11-/m0/s1. The minimum Gasteiger partial charge on any atom is -0.497 e. The Hall–Kier alpha value is -1.83. The number of benzene rings is 2. The van der Waals surface area contributed by atoms with Gasteiger partial charge in [0, 0.05) is 5.92 Å². The third kappa shape index (κ3) is 2.64. The van der Waals surface area contributed by atoms with Gasteiger partial charge in [0.15, 0.2) is 0 Å². The van der Waals surface area contributed by atoms with Gasteiger partial charge in [-0.2, -0.15) is 0 Å². The van der Waals surface area contributed by atoms with Crippen LogP contribution in [0.1, 0.15) is 24.0 Å². The molecule has 88 valence electrons. The maximum Gasteiger partial charge on any atom is 0.123 e. The fourth-order valence-corrected chi connectivity index (χ4v) is 1.84. The number of ether oxygens (including phenoxy) is 1. The highest BCUT2D eigenvalue weighted by Crippen LogP contribution is 2.25. The Morgan fingerprint density at radius 3 is 1.82 bits per heavy atom. The molecule has 0 saturated heterocycles. The van der Waals surface area contributed by atoms with Crippen molar-refractivity contribution in [3.8, 4) is 5.75 Å². The summed E-state index contributed by atoms with van der Waals surface area (Å²) in [6.45, 7) is 2.11. The fraction of sp³-hybridized carbons (Fsp3) is 0.200. The number of methoxy groups -OCH3 is 1. The lowest BCUT2D eigenvalue weighted by Gasteiger charge is -2.12. The predicted molar refractivity (Wildman–Crippen MR) is 66.9 cm³/mol. The molecule has 0 spiro atoms. The van der Waals surface area contributed by atoms with Gasteiger partial charge in [-0.1, -0.05) is 31.2 Å². The first-order chi connectivity index (χ1) is 8.20. The summed E-state index contributed by atoms with van der Waals surface area (Å²) in [5.74, 6) is 0.900. The Balaban J connectivity index is 2.23. The molecule has 17 heavy (non-hydrogen) atoms. The molecule has 2 rings (SSSR count). The summed E-state index contributed by atoms with van der Waals surface area (Å²) in [6, 6.07) is 14.6. The molecular weight excluding hydrogens is 215 g/mol. The lowest BCUT2D eigenvalue weighted by Crippen LogP contribution is -1.96. The number of halogens is 1. The van der Waals surface area contributed by atoms with E-state index in [4.69, 9.17) is 4.74 Å². The van der Waals surface area contributed by atoms with Gasteiger partial charge in [-0.15, -0.1) is 0 Å². The summed E-state index contributed by atoms with van der Waals surface area (Å²) in [6.07, 6.45) is 0. The van der Waals surface area contributed by atoms with Crippen LogP contribution >= 0.6 is 0 Å². The zero-order chi connectivity index (χ0) is 12.3. The minimum absolute atomic E-state index is 0.198. The third-order valence-corrected chi connectivity index (χ3v) is 2.99. The first-order valence-corrected chi connectivity index (χ1v) is 5.60. The third-order valence-electron chi connectivity index (χ3n) is 2.99. The van der Waals surface area contributed by atoms with E-state index in [1.165, 1.54) is 17.7 Å². The monoisotopic (exact) mass is 230 g/mol. The first-order valence-electron chi connectivity index (χ1n) is 5.60. The molecule has 2 aromatic carbocycles. The Kier molecular flexibility index (Phi) is 3.43. The Morgan fingerprint density at radius 1 is 0.882 bits per heavy atom. The van der Waals surface area contributed by atoms with Crippen LogP contribution < -0.4 is 4.74 Å². The molecule has 2 heteroatoms. The molecule has 0 bridgehead atoms. The molecule has 0 aliphatic rings. The molecule has 0 heterocycles. The van der Waals surface area contributed by atoms with Gasteiger partial charge in [0.1, 0.15) is 11.6 Å². The normalized spacial score (nSPS) is 12.2. The molecule has 1 atom stereocenters. The summed E-state index contributed by atoms with van der Waals surface area (Å²) in [7, 11) is 1.65. The quantitative estimate of drug-likeness (QED) is 0.774. The van der Waals surface area contributed by atoms with Crippen LogP contribution in [0, 0.1) is 5.82 Å². The van der Waals surface area contributed by atoms with Crippen LogP contribution in [0.5, 0.6) is 5.75 Å². The molecule has 0 N–H and O–H groups in total. The van der Waals surface area contributed by atoms with Crippen molar-refractivity contribution in [2.45, 2.75) is 12.8 Å². The van der Waals surface area contributed by atoms with Crippen molar-refractivity contribution in [3.63, 3.8) is 0 Å². The Bertz CT molecular complexity index is 473. The average Bonchev–Trinajstić information content (AvgIpc) is 2.39. The van der Waals surface area contributed by atoms with Crippen LogP contribution in [0.2, 0.25) is 0 Å². The second-order valence-corrected chi connectivity index (χ2v) is 4.05. The molecule has 0 unspecified atom stereocenters. The maximum absolute atomic E-state index is 12.8. The highest BCUT2D eigenvalue weighted by molar-refractivity contribution is 5.35. The van der Waals surface area contributed by atoms with Gasteiger partial charge in [-0.3, -0.25) is 0 Å². The van der Waals surface area contributed by atoms with Gasteiger partial charge >= 0.3 is 0 Å². The van der Waals surface area contributed by atoms with E-state index < -0.39 is 0 Å². The van der Waals surface area contributed by atoms with Crippen LogP contribution in [0.25, 0.3) is 0 Å². The second-order valence-electron chi connectivity index (χ2n) is 4.05. The van der Waals surface area contributed by atoms with Crippen molar-refractivity contribution in [3.05, 3.63) is 65.5 Å². The van der Waals surface area contributed by atoms with Crippen molar-refractivity contribution >= 4 is 0 Å². The molecule has 0 aromatic heterocycles. The lowest BCUT2D eigenvalue weighted by atomic mass is 9.93. The lowest BCUT2D eigenvalue weighted by molar-refractivity contribution is 0.414. The largest absolute Gasteiger partial charge is 0.497 e. The van der Waals surface area contributed by atoms with Gasteiger partial charge in [-0.25, -0.2) is 4.39 Å². The van der Waals surface area contributed by atoms with E-state index in [0.717, 1.165) is 11.3 Å². The van der Waals surface area contributed by atoms with Crippen LogP contribution in [-0.4, -0.2) is 7.11 Å². The van der Waals surface area contributed by atoms with E-state index in [9.17, 15) is 4.39 Å². The van der Waals surface area contributed by atoms with Gasteiger partial charge in [0.2, 0.25) is 0 Å². The molecular formula is C15H15FO. The molecule has 0 saturated carbocycles.